The summed E-state index contributed by atoms with van der Waals surface area (Å²) in [5.74, 6) is 0.928. The number of hydrogen-bond donors (Lipinski definition) is 2. The Bertz CT molecular complexity index is 476. The number of nitrogen functional groups attached to an aromatic ring is 1. The highest BCUT2D eigenvalue weighted by atomic mass is 16.5. The fourth-order valence-corrected chi connectivity index (χ4v) is 2.48. The van der Waals surface area contributed by atoms with Crippen molar-refractivity contribution in [3.63, 3.8) is 0 Å². The maximum Gasteiger partial charge on any atom is 0.123 e. The lowest BCUT2D eigenvalue weighted by Gasteiger charge is -2.32. The highest BCUT2D eigenvalue weighted by Crippen LogP contribution is 2.22. The molecule has 5 nitrogen and oxygen atoms in total. The van der Waals surface area contributed by atoms with Gasteiger partial charge < -0.3 is 15.2 Å². The summed E-state index contributed by atoms with van der Waals surface area (Å²) in [6.07, 6.45) is 1.34. The molecule has 1 unspecified atom stereocenters. The Labute approximate surface area is 120 Å². The number of nitrogens with two attached hydrogens (primary N) is 1. The van der Waals surface area contributed by atoms with Crippen molar-refractivity contribution < 1.29 is 9.47 Å². The summed E-state index contributed by atoms with van der Waals surface area (Å²) in [5.41, 5.74) is 7.36. The second-order valence-corrected chi connectivity index (χ2v) is 5.08. The molecule has 3 N–H and O–H groups in total. The summed E-state index contributed by atoms with van der Waals surface area (Å²) in [5, 5.41) is 7.54. The first-order valence-electron chi connectivity index (χ1n) is 6.99. The zero-order valence-corrected chi connectivity index (χ0v) is 12.2. The molecular weight excluding hydrogens is 254 g/mol. The van der Waals surface area contributed by atoms with Crippen molar-refractivity contribution in [1.29, 1.82) is 5.41 Å². The van der Waals surface area contributed by atoms with E-state index in [1.165, 1.54) is 0 Å². The third-order valence-electron chi connectivity index (χ3n) is 3.66. The predicted octanol–water partition coefficient (Wildman–Crippen LogP) is 1.59. The third kappa shape index (κ3) is 3.49. The molecule has 20 heavy (non-hydrogen) atoms. The first-order chi connectivity index (χ1) is 9.63. The van der Waals surface area contributed by atoms with Gasteiger partial charge in [0.2, 0.25) is 0 Å². The maximum absolute atomic E-state index is 7.54. The summed E-state index contributed by atoms with van der Waals surface area (Å²) in [6, 6.07) is 5.64. The van der Waals surface area contributed by atoms with Crippen LogP contribution in [0.15, 0.2) is 18.2 Å². The van der Waals surface area contributed by atoms with E-state index in [0.29, 0.717) is 6.10 Å². The van der Waals surface area contributed by atoms with Crippen molar-refractivity contribution in [3.05, 3.63) is 29.3 Å². The summed E-state index contributed by atoms with van der Waals surface area (Å²) in [6.45, 7) is 5.57. The number of methoxy groups -OCH3 is 1. The van der Waals surface area contributed by atoms with E-state index < -0.39 is 0 Å². The van der Waals surface area contributed by atoms with Gasteiger partial charge in [-0.3, -0.25) is 10.3 Å². The van der Waals surface area contributed by atoms with Crippen molar-refractivity contribution in [2.45, 2.75) is 26.0 Å². The van der Waals surface area contributed by atoms with E-state index in [1.54, 1.807) is 7.11 Å². The molecule has 1 atom stereocenters. The number of ether oxygens (including phenoxy) is 2. The van der Waals surface area contributed by atoms with Crippen LogP contribution in [0.25, 0.3) is 0 Å². The maximum atomic E-state index is 7.54. The van der Waals surface area contributed by atoms with Gasteiger partial charge in [-0.05, 0) is 24.6 Å². The Morgan fingerprint density at radius 3 is 3.00 bits per heavy atom. The lowest BCUT2D eigenvalue weighted by Crippen LogP contribution is -2.41. The molecule has 1 aromatic carbocycles. The monoisotopic (exact) mass is 277 g/mol. The molecule has 1 aliphatic heterocycles. The van der Waals surface area contributed by atoms with Gasteiger partial charge in [0, 0.05) is 30.8 Å². The van der Waals surface area contributed by atoms with Crippen LogP contribution in [-0.2, 0) is 11.3 Å². The van der Waals surface area contributed by atoms with Gasteiger partial charge in [-0.2, -0.15) is 0 Å². The second-order valence-electron chi connectivity index (χ2n) is 5.08. The van der Waals surface area contributed by atoms with E-state index in [2.05, 4.69) is 11.8 Å². The van der Waals surface area contributed by atoms with Crippen LogP contribution in [-0.4, -0.2) is 43.6 Å². The van der Waals surface area contributed by atoms with Crippen molar-refractivity contribution in [3.8, 4) is 5.75 Å². The quantitative estimate of drug-likeness (QED) is 0.633. The minimum absolute atomic E-state index is 0.0855. The van der Waals surface area contributed by atoms with E-state index in [0.717, 1.165) is 49.5 Å². The highest BCUT2D eigenvalue weighted by Gasteiger charge is 2.20. The minimum Gasteiger partial charge on any atom is -0.496 e. The van der Waals surface area contributed by atoms with Crippen molar-refractivity contribution >= 4 is 5.84 Å². The van der Waals surface area contributed by atoms with Gasteiger partial charge in [0.1, 0.15) is 11.6 Å². The van der Waals surface area contributed by atoms with E-state index in [4.69, 9.17) is 20.6 Å². The van der Waals surface area contributed by atoms with Crippen LogP contribution in [0.3, 0.4) is 0 Å². The third-order valence-corrected chi connectivity index (χ3v) is 3.66. The minimum atomic E-state index is 0.0855. The molecule has 1 heterocycles. The molecule has 0 amide bonds. The summed E-state index contributed by atoms with van der Waals surface area (Å²) >= 11 is 0. The number of amidine groups is 1. The van der Waals surface area contributed by atoms with Crippen molar-refractivity contribution in [2.24, 2.45) is 5.73 Å². The molecule has 0 bridgehead atoms. The van der Waals surface area contributed by atoms with Crippen LogP contribution in [0.5, 0.6) is 5.75 Å². The molecular formula is C15H23N3O2. The van der Waals surface area contributed by atoms with Crippen LogP contribution in [0.2, 0.25) is 0 Å². The van der Waals surface area contributed by atoms with Crippen LogP contribution in [0, 0.1) is 5.41 Å². The molecule has 110 valence electrons. The molecule has 1 aliphatic rings. The number of hydrogen-bond acceptors (Lipinski definition) is 4. The van der Waals surface area contributed by atoms with Crippen molar-refractivity contribution in [1.82, 2.24) is 4.90 Å². The van der Waals surface area contributed by atoms with Crippen LogP contribution in [0.4, 0.5) is 0 Å². The first kappa shape index (κ1) is 14.8. The first-order valence-corrected chi connectivity index (χ1v) is 6.99. The summed E-state index contributed by atoms with van der Waals surface area (Å²) < 4.78 is 11.1. The Kier molecular flexibility index (Phi) is 4.98. The number of rotatable bonds is 5. The molecule has 0 aromatic heterocycles. The smallest absolute Gasteiger partial charge is 0.123 e. The Balaban J connectivity index is 2.14. The van der Waals surface area contributed by atoms with E-state index in [-0.39, 0.29) is 5.84 Å². The normalized spacial score (nSPS) is 19.8. The standard InChI is InChI=1S/C15H23N3O2/c1-3-13-10-18(6-7-20-13)9-12-8-11(15(16)17)4-5-14(12)19-2/h4-5,8,13H,3,6-7,9-10H2,1-2H3,(H3,16,17). The Hall–Kier alpha value is -1.59. The number of benzene rings is 1. The van der Waals surface area contributed by atoms with Gasteiger partial charge in [-0.25, -0.2) is 0 Å². The largest absolute Gasteiger partial charge is 0.496 e. The molecule has 0 saturated carbocycles. The highest BCUT2D eigenvalue weighted by molar-refractivity contribution is 5.95. The van der Waals surface area contributed by atoms with E-state index in [1.807, 2.05) is 18.2 Å². The van der Waals surface area contributed by atoms with Crippen molar-refractivity contribution in [2.75, 3.05) is 26.8 Å². The van der Waals surface area contributed by atoms with Gasteiger partial charge in [0.25, 0.3) is 0 Å². The van der Waals surface area contributed by atoms with Gasteiger partial charge in [0.15, 0.2) is 0 Å². The average Bonchev–Trinajstić information content (AvgIpc) is 2.47. The summed E-state index contributed by atoms with van der Waals surface area (Å²) in [7, 11) is 1.67. The molecule has 1 fully saturated rings. The zero-order chi connectivity index (χ0) is 14.5. The molecule has 5 heteroatoms. The molecule has 0 spiro atoms. The molecule has 1 saturated heterocycles. The molecule has 0 radical (unpaired) electrons. The van der Waals surface area contributed by atoms with E-state index in [9.17, 15) is 0 Å². The van der Waals surface area contributed by atoms with Gasteiger partial charge in [-0.1, -0.05) is 6.92 Å². The van der Waals surface area contributed by atoms with Crippen LogP contribution >= 0.6 is 0 Å². The average molecular weight is 277 g/mol. The van der Waals surface area contributed by atoms with Gasteiger partial charge in [0.05, 0.1) is 19.8 Å². The van der Waals surface area contributed by atoms with Crippen LogP contribution in [0.1, 0.15) is 24.5 Å². The fraction of sp³-hybridized carbons (Fsp3) is 0.533. The second kappa shape index (κ2) is 6.72. The number of nitrogens with zero attached hydrogens (tertiary/aromatic N) is 1. The SMILES string of the molecule is CCC1CN(Cc2cc(C(=N)N)ccc2OC)CCO1. The lowest BCUT2D eigenvalue weighted by atomic mass is 10.1. The van der Waals surface area contributed by atoms with Gasteiger partial charge in [-0.15, -0.1) is 0 Å². The molecule has 0 aliphatic carbocycles. The number of morpholine rings is 1. The predicted molar refractivity (Wildman–Crippen MR) is 79.3 cm³/mol. The van der Waals surface area contributed by atoms with E-state index >= 15 is 0 Å². The zero-order valence-electron chi connectivity index (χ0n) is 12.2. The van der Waals surface area contributed by atoms with Gasteiger partial charge >= 0.3 is 0 Å². The van der Waals surface area contributed by atoms with Crippen LogP contribution < -0.4 is 10.5 Å². The Morgan fingerprint density at radius 2 is 2.35 bits per heavy atom. The Morgan fingerprint density at radius 1 is 1.55 bits per heavy atom. The summed E-state index contributed by atoms with van der Waals surface area (Å²) in [4.78, 5) is 2.36. The topological polar surface area (TPSA) is 71.6 Å². The number of nitrogens with one attached hydrogen (secondary N) is 1. The lowest BCUT2D eigenvalue weighted by molar-refractivity contribution is -0.0326. The fourth-order valence-electron chi connectivity index (χ4n) is 2.48. The molecule has 1 aromatic rings. The molecule has 2 rings (SSSR count).